The van der Waals surface area contributed by atoms with Crippen LogP contribution in [0.15, 0.2) is 32.4 Å². The van der Waals surface area contributed by atoms with Crippen LogP contribution in [0.3, 0.4) is 0 Å². The van der Waals surface area contributed by atoms with Crippen molar-refractivity contribution in [1.29, 1.82) is 0 Å². The van der Waals surface area contributed by atoms with Gasteiger partial charge in [-0.25, -0.2) is 17.4 Å². The largest absolute Gasteiger partial charge is 0.409 e. The van der Waals surface area contributed by atoms with Crippen LogP contribution in [0, 0.1) is 5.82 Å². The average molecular weight is 454 g/mol. The molecule has 0 radical (unpaired) electrons. The number of oxime groups is 1. The molecule has 5 N–H and O–H groups in total. The third kappa shape index (κ3) is 7.77. The molecule has 2 aromatic rings. The molecule has 0 amide bonds. The highest BCUT2D eigenvalue weighted by atomic mass is 32.2. The third-order valence-electron chi connectivity index (χ3n) is 3.63. The molecule has 0 bridgehead atoms. The zero-order chi connectivity index (χ0) is 23.0. The Morgan fingerprint density at radius 3 is 2.68 bits per heavy atom. The van der Waals surface area contributed by atoms with Gasteiger partial charge in [-0.1, -0.05) is 10.6 Å². The number of benzene rings is 1. The van der Waals surface area contributed by atoms with Crippen molar-refractivity contribution in [2.75, 3.05) is 30.0 Å². The normalized spacial score (nSPS) is 12.7. The quantitative estimate of drug-likeness (QED) is 0.0837. The summed E-state index contributed by atoms with van der Waals surface area (Å²) in [5, 5.41) is 31.5. The molecule has 0 atom stereocenters. The van der Waals surface area contributed by atoms with Gasteiger partial charge in [-0.05, 0) is 42.4 Å². The highest BCUT2D eigenvalue weighted by Gasteiger charge is 2.18. The fraction of sp³-hybridized carbons (Fsp3) is 0.375. The molecule has 2 rings (SSSR count). The monoisotopic (exact) mass is 454 g/mol. The van der Waals surface area contributed by atoms with E-state index >= 15 is 0 Å². The SMILES string of the molecule is Bc1cc(N/C(=N\O)c2nonc2NCCN/C(=N/S(C)(=O)=O)NC(C)C)ccc1F. The first-order chi connectivity index (χ1) is 14.6. The van der Waals surface area contributed by atoms with E-state index in [2.05, 4.69) is 41.1 Å². The van der Waals surface area contributed by atoms with Crippen LogP contribution >= 0.6 is 0 Å². The molecule has 12 nitrogen and oxygen atoms in total. The van der Waals surface area contributed by atoms with Gasteiger partial charge in [0, 0.05) is 24.8 Å². The van der Waals surface area contributed by atoms with E-state index < -0.39 is 10.0 Å². The first-order valence-corrected chi connectivity index (χ1v) is 11.1. The van der Waals surface area contributed by atoms with E-state index in [9.17, 15) is 18.0 Å². The summed E-state index contributed by atoms with van der Waals surface area (Å²) in [6.45, 7) is 4.24. The maximum Gasteiger partial charge on any atom is 0.253 e. The summed E-state index contributed by atoms with van der Waals surface area (Å²) in [6.07, 6.45) is 0.994. The number of nitrogens with one attached hydrogen (secondary N) is 4. The van der Waals surface area contributed by atoms with Crippen molar-refractivity contribution in [2.24, 2.45) is 9.55 Å². The van der Waals surface area contributed by atoms with Gasteiger partial charge in [0.2, 0.25) is 17.6 Å². The number of halogens is 1. The van der Waals surface area contributed by atoms with E-state index in [1.54, 1.807) is 7.85 Å². The zero-order valence-corrected chi connectivity index (χ0v) is 18.3. The molecule has 1 heterocycles. The van der Waals surface area contributed by atoms with Gasteiger partial charge >= 0.3 is 0 Å². The summed E-state index contributed by atoms with van der Waals surface area (Å²) in [7, 11) is -1.98. The lowest BCUT2D eigenvalue weighted by Crippen LogP contribution is -2.43. The summed E-state index contributed by atoms with van der Waals surface area (Å²) in [5.74, 6) is -0.136. The highest BCUT2D eigenvalue weighted by molar-refractivity contribution is 7.89. The molecule has 0 saturated heterocycles. The molecule has 0 aliphatic heterocycles. The van der Waals surface area contributed by atoms with Crippen molar-refractivity contribution >= 4 is 46.6 Å². The lowest BCUT2D eigenvalue weighted by molar-refractivity contribution is 0.305. The molecule has 168 valence electrons. The van der Waals surface area contributed by atoms with E-state index in [0.717, 1.165) is 6.26 Å². The van der Waals surface area contributed by atoms with Gasteiger partial charge in [-0.3, -0.25) is 0 Å². The van der Waals surface area contributed by atoms with E-state index in [1.165, 1.54) is 18.2 Å². The Morgan fingerprint density at radius 1 is 1.32 bits per heavy atom. The van der Waals surface area contributed by atoms with Crippen molar-refractivity contribution in [3.63, 3.8) is 0 Å². The Hall–Kier alpha value is -3.36. The van der Waals surface area contributed by atoms with Crippen molar-refractivity contribution in [3.8, 4) is 0 Å². The van der Waals surface area contributed by atoms with Crippen molar-refractivity contribution in [1.82, 2.24) is 20.9 Å². The fourth-order valence-electron chi connectivity index (χ4n) is 2.36. The molecule has 1 aromatic carbocycles. The second kappa shape index (κ2) is 10.6. The Kier molecular flexibility index (Phi) is 8.18. The Bertz CT molecular complexity index is 1060. The van der Waals surface area contributed by atoms with Crippen LogP contribution in [0.25, 0.3) is 0 Å². The predicted molar refractivity (Wildman–Crippen MR) is 118 cm³/mol. The molecule has 0 aliphatic carbocycles. The number of hydrogen-bond acceptors (Lipinski definition) is 8. The second-order valence-electron chi connectivity index (χ2n) is 6.82. The lowest BCUT2D eigenvalue weighted by Gasteiger charge is -2.14. The summed E-state index contributed by atoms with van der Waals surface area (Å²) < 4.78 is 44.6. The molecular weight excluding hydrogens is 430 g/mol. The number of amidine groups is 1. The van der Waals surface area contributed by atoms with Gasteiger partial charge in [-0.2, -0.15) is 0 Å². The predicted octanol–water partition coefficient (Wildman–Crippen LogP) is -0.970. The number of hydrogen-bond donors (Lipinski definition) is 5. The molecule has 0 spiro atoms. The first kappa shape index (κ1) is 23.9. The topological polar surface area (TPSA) is 166 Å². The average Bonchev–Trinajstić information content (AvgIpc) is 3.12. The molecular formula is C16H24BFN8O4S. The molecule has 0 fully saturated rings. The van der Waals surface area contributed by atoms with Crippen molar-refractivity contribution < 1.29 is 22.6 Å². The molecule has 31 heavy (non-hydrogen) atoms. The minimum atomic E-state index is -3.58. The Balaban J connectivity index is 2.01. The maximum atomic E-state index is 13.4. The number of sulfonamides is 1. The van der Waals surface area contributed by atoms with Gasteiger partial charge in [0.25, 0.3) is 10.0 Å². The minimum Gasteiger partial charge on any atom is -0.409 e. The number of aromatic nitrogens is 2. The van der Waals surface area contributed by atoms with Crippen LogP contribution in [-0.4, -0.2) is 69.0 Å². The molecule has 0 aliphatic rings. The van der Waals surface area contributed by atoms with E-state index in [0.29, 0.717) is 11.2 Å². The number of rotatable bonds is 8. The fourth-order valence-corrected chi connectivity index (χ4v) is 2.81. The third-order valence-corrected chi connectivity index (χ3v) is 4.14. The standard InChI is InChI=1S/C16H24BFN8O4S/c1-9(2)21-16(26-31(3,28)29)20-7-6-19-14-13(24-30-25-14)15(23-27)22-10-4-5-12(18)11(17)8-10/h4-5,8-9,27H,6-7,17H2,1-3H3,(H,19,25)(H,22,23)(H2,20,21,26). The Morgan fingerprint density at radius 2 is 2.06 bits per heavy atom. The molecule has 0 unspecified atom stereocenters. The van der Waals surface area contributed by atoms with Crippen LogP contribution in [0.5, 0.6) is 0 Å². The van der Waals surface area contributed by atoms with E-state index in [-0.39, 0.29) is 48.3 Å². The summed E-state index contributed by atoms with van der Waals surface area (Å²) in [5.41, 5.74) is 0.977. The van der Waals surface area contributed by atoms with Crippen LogP contribution in [0.2, 0.25) is 0 Å². The van der Waals surface area contributed by atoms with E-state index in [1.807, 2.05) is 13.8 Å². The van der Waals surface area contributed by atoms with Crippen LogP contribution < -0.4 is 26.7 Å². The van der Waals surface area contributed by atoms with Gasteiger partial charge in [0.1, 0.15) is 13.7 Å². The summed E-state index contributed by atoms with van der Waals surface area (Å²) >= 11 is 0. The maximum absolute atomic E-state index is 13.4. The molecule has 0 saturated carbocycles. The zero-order valence-electron chi connectivity index (χ0n) is 17.5. The lowest BCUT2D eigenvalue weighted by atomic mass is 9.95. The highest BCUT2D eigenvalue weighted by Crippen LogP contribution is 2.14. The number of nitrogens with zero attached hydrogens (tertiary/aromatic N) is 4. The number of guanidine groups is 1. The van der Waals surface area contributed by atoms with Crippen molar-refractivity contribution in [3.05, 3.63) is 29.7 Å². The van der Waals surface area contributed by atoms with Gasteiger partial charge in [-0.15, -0.1) is 4.40 Å². The van der Waals surface area contributed by atoms with Crippen LogP contribution in [0.1, 0.15) is 19.5 Å². The summed E-state index contributed by atoms with van der Waals surface area (Å²) in [4.78, 5) is 0. The number of anilines is 2. The molecule has 15 heteroatoms. The minimum absolute atomic E-state index is 0.0307. The molecule has 1 aromatic heterocycles. The van der Waals surface area contributed by atoms with Crippen LogP contribution in [0.4, 0.5) is 15.9 Å². The van der Waals surface area contributed by atoms with Gasteiger partial charge in [0.05, 0.1) is 6.26 Å². The first-order valence-electron chi connectivity index (χ1n) is 9.21. The summed E-state index contributed by atoms with van der Waals surface area (Å²) in [6, 6.07) is 4.26. The van der Waals surface area contributed by atoms with Gasteiger partial charge < -0.3 is 26.5 Å². The van der Waals surface area contributed by atoms with E-state index in [4.69, 9.17) is 4.63 Å². The van der Waals surface area contributed by atoms with Crippen LogP contribution in [-0.2, 0) is 10.0 Å². The second-order valence-corrected chi connectivity index (χ2v) is 8.47. The smallest absolute Gasteiger partial charge is 0.253 e. The van der Waals surface area contributed by atoms with Gasteiger partial charge in [0.15, 0.2) is 5.69 Å². The Labute approximate surface area is 179 Å². The van der Waals surface area contributed by atoms with Crippen molar-refractivity contribution in [2.45, 2.75) is 19.9 Å².